The maximum absolute atomic E-state index is 2.34. The molecule has 0 unspecified atom stereocenters. The highest BCUT2D eigenvalue weighted by atomic mass is 31.1. The average Bonchev–Trinajstić information content (AvgIpc) is 2.93. The highest BCUT2D eigenvalue weighted by molar-refractivity contribution is 7.81. The van der Waals surface area contributed by atoms with E-state index in [1.165, 1.54) is 59.0 Å². The van der Waals surface area contributed by atoms with Crippen LogP contribution in [0.2, 0.25) is 0 Å². The third-order valence-electron chi connectivity index (χ3n) is 6.95. The molecule has 0 nitrogen and oxygen atoms in total. The van der Waals surface area contributed by atoms with Crippen molar-refractivity contribution in [2.75, 3.05) is 0 Å². The van der Waals surface area contributed by atoms with E-state index in [0.717, 1.165) is 0 Å². The first kappa shape index (κ1) is 20.4. The van der Waals surface area contributed by atoms with Crippen LogP contribution in [-0.4, -0.2) is 0 Å². The Labute approximate surface area is 206 Å². The van der Waals surface area contributed by atoms with Gasteiger partial charge in [0, 0.05) is 10.6 Å². The lowest BCUT2D eigenvalue weighted by atomic mass is 10.0. The van der Waals surface area contributed by atoms with Crippen LogP contribution < -0.4 is 15.9 Å². The molecule has 0 aliphatic rings. The SMILES string of the molecule is c1ccc(P(c2c3ccccc3cc3ccccc23)c2c3ccccc3cc3ccccc23)cc1. The normalized spacial score (nSPS) is 11.7. The summed E-state index contributed by atoms with van der Waals surface area (Å²) in [6, 6.07) is 51.4. The fourth-order valence-electron chi connectivity index (χ4n) is 5.41. The lowest BCUT2D eigenvalue weighted by Crippen LogP contribution is -2.23. The van der Waals surface area contributed by atoms with Crippen LogP contribution in [0.25, 0.3) is 43.1 Å². The van der Waals surface area contributed by atoms with Gasteiger partial charge in [0.15, 0.2) is 0 Å². The molecular formula is C34H23P. The highest BCUT2D eigenvalue weighted by Crippen LogP contribution is 2.43. The van der Waals surface area contributed by atoms with Crippen LogP contribution in [-0.2, 0) is 0 Å². The van der Waals surface area contributed by atoms with E-state index >= 15 is 0 Å². The number of fused-ring (bicyclic) bond motifs is 4. The molecule has 0 atom stereocenters. The Morgan fingerprint density at radius 1 is 0.314 bits per heavy atom. The Morgan fingerprint density at radius 3 is 1.00 bits per heavy atom. The Kier molecular flexibility index (Phi) is 4.86. The van der Waals surface area contributed by atoms with Crippen molar-refractivity contribution in [3.63, 3.8) is 0 Å². The molecule has 0 saturated heterocycles. The molecule has 0 fully saturated rings. The van der Waals surface area contributed by atoms with Crippen LogP contribution in [0.4, 0.5) is 0 Å². The number of rotatable bonds is 3. The zero-order chi connectivity index (χ0) is 23.2. The van der Waals surface area contributed by atoms with Gasteiger partial charge in [-0.05, 0) is 68.4 Å². The topological polar surface area (TPSA) is 0 Å². The van der Waals surface area contributed by atoms with Gasteiger partial charge in [-0.3, -0.25) is 0 Å². The largest absolute Gasteiger partial charge is 0.0622 e. The minimum absolute atomic E-state index is 0.845. The zero-order valence-electron chi connectivity index (χ0n) is 19.2. The second-order valence-electron chi connectivity index (χ2n) is 9.01. The molecule has 0 amide bonds. The molecule has 0 saturated carbocycles. The minimum Gasteiger partial charge on any atom is -0.0622 e. The summed E-state index contributed by atoms with van der Waals surface area (Å²) in [6.45, 7) is 0. The van der Waals surface area contributed by atoms with Crippen molar-refractivity contribution in [1.82, 2.24) is 0 Å². The van der Waals surface area contributed by atoms with Gasteiger partial charge in [-0.1, -0.05) is 127 Å². The van der Waals surface area contributed by atoms with E-state index < -0.39 is 7.92 Å². The van der Waals surface area contributed by atoms with E-state index in [1.54, 1.807) is 0 Å². The molecule has 0 spiro atoms. The highest BCUT2D eigenvalue weighted by Gasteiger charge is 2.25. The molecule has 7 aromatic rings. The van der Waals surface area contributed by atoms with Crippen molar-refractivity contribution >= 4 is 66.9 Å². The Balaban J connectivity index is 1.72. The molecule has 7 rings (SSSR count). The third-order valence-corrected chi connectivity index (χ3v) is 9.62. The average molecular weight is 463 g/mol. The fraction of sp³-hybridized carbons (Fsp3) is 0. The van der Waals surface area contributed by atoms with Crippen LogP contribution in [0.1, 0.15) is 0 Å². The van der Waals surface area contributed by atoms with Gasteiger partial charge in [0.05, 0.1) is 0 Å². The van der Waals surface area contributed by atoms with Crippen molar-refractivity contribution in [2.45, 2.75) is 0 Å². The van der Waals surface area contributed by atoms with Crippen molar-refractivity contribution < 1.29 is 0 Å². The van der Waals surface area contributed by atoms with Gasteiger partial charge in [-0.15, -0.1) is 0 Å². The van der Waals surface area contributed by atoms with Crippen LogP contribution in [0.15, 0.2) is 140 Å². The van der Waals surface area contributed by atoms with Gasteiger partial charge >= 0.3 is 0 Å². The number of benzene rings is 7. The van der Waals surface area contributed by atoms with Crippen LogP contribution in [0.3, 0.4) is 0 Å². The maximum Gasteiger partial charge on any atom is 0.000634 e. The number of hydrogen-bond donors (Lipinski definition) is 0. The first-order valence-electron chi connectivity index (χ1n) is 12.0. The first-order chi connectivity index (χ1) is 17.4. The summed E-state index contributed by atoms with van der Waals surface area (Å²) in [6.07, 6.45) is 0. The molecule has 0 aliphatic heterocycles. The smallest absolute Gasteiger partial charge is 0.000634 e. The predicted octanol–water partition coefficient (Wildman–Crippen LogP) is 8.06. The summed E-state index contributed by atoms with van der Waals surface area (Å²) in [5.41, 5.74) is 0. The van der Waals surface area contributed by atoms with Crippen molar-refractivity contribution in [3.8, 4) is 0 Å². The second kappa shape index (κ2) is 8.35. The van der Waals surface area contributed by atoms with Crippen molar-refractivity contribution in [1.29, 1.82) is 0 Å². The third kappa shape index (κ3) is 3.34. The Hall–Kier alpha value is -3.99. The molecule has 0 bridgehead atoms. The summed E-state index contributed by atoms with van der Waals surface area (Å²) in [7, 11) is -0.845. The van der Waals surface area contributed by atoms with Crippen LogP contribution in [0, 0.1) is 0 Å². The maximum atomic E-state index is 2.34. The zero-order valence-corrected chi connectivity index (χ0v) is 20.1. The minimum atomic E-state index is -0.845. The molecule has 0 N–H and O–H groups in total. The van der Waals surface area contributed by atoms with Gasteiger partial charge < -0.3 is 0 Å². The van der Waals surface area contributed by atoms with Crippen LogP contribution in [0.5, 0.6) is 0 Å². The molecule has 0 heterocycles. The molecule has 0 aliphatic carbocycles. The number of hydrogen-bond acceptors (Lipinski definition) is 0. The summed E-state index contributed by atoms with van der Waals surface area (Å²) in [5, 5.41) is 14.9. The quantitative estimate of drug-likeness (QED) is 0.184. The van der Waals surface area contributed by atoms with Gasteiger partial charge in [0.2, 0.25) is 0 Å². The van der Waals surface area contributed by atoms with Gasteiger partial charge in [-0.2, -0.15) is 0 Å². The van der Waals surface area contributed by atoms with E-state index in [4.69, 9.17) is 0 Å². The van der Waals surface area contributed by atoms with Crippen LogP contribution >= 0.6 is 7.92 Å². The monoisotopic (exact) mass is 462 g/mol. The van der Waals surface area contributed by atoms with E-state index in [1.807, 2.05) is 0 Å². The van der Waals surface area contributed by atoms with E-state index in [2.05, 4.69) is 140 Å². The van der Waals surface area contributed by atoms with E-state index in [-0.39, 0.29) is 0 Å². The fourth-order valence-corrected chi connectivity index (χ4v) is 8.40. The molecule has 0 aromatic heterocycles. The second-order valence-corrected chi connectivity index (χ2v) is 11.1. The standard InChI is InChI=1S/C34H23P/c1-2-16-28(17-3-1)35(33-29-18-8-4-12-24(29)22-25-13-5-9-19-30(25)33)34-31-20-10-6-14-26(31)23-27-15-7-11-21-32(27)34/h1-23H. The summed E-state index contributed by atoms with van der Waals surface area (Å²) in [4.78, 5) is 0. The Bertz CT molecular complexity index is 1620. The molecule has 164 valence electrons. The lowest BCUT2D eigenvalue weighted by Gasteiger charge is -2.26. The van der Waals surface area contributed by atoms with Gasteiger partial charge in [-0.25, -0.2) is 0 Å². The summed E-state index contributed by atoms with van der Waals surface area (Å²) < 4.78 is 0. The molecule has 35 heavy (non-hydrogen) atoms. The molecular weight excluding hydrogens is 439 g/mol. The molecule has 0 radical (unpaired) electrons. The Morgan fingerprint density at radius 2 is 0.629 bits per heavy atom. The summed E-state index contributed by atoms with van der Waals surface area (Å²) >= 11 is 0. The first-order valence-corrected chi connectivity index (χ1v) is 13.4. The van der Waals surface area contributed by atoms with Gasteiger partial charge in [0.25, 0.3) is 0 Å². The lowest BCUT2D eigenvalue weighted by molar-refractivity contribution is 1.76. The van der Waals surface area contributed by atoms with Crippen molar-refractivity contribution in [3.05, 3.63) is 140 Å². The summed E-state index contributed by atoms with van der Waals surface area (Å²) in [5.74, 6) is 0. The van der Waals surface area contributed by atoms with Gasteiger partial charge in [0.1, 0.15) is 0 Å². The molecule has 7 aromatic carbocycles. The van der Waals surface area contributed by atoms with Crippen molar-refractivity contribution in [2.24, 2.45) is 0 Å². The predicted molar refractivity (Wildman–Crippen MR) is 155 cm³/mol. The molecule has 1 heteroatoms. The van der Waals surface area contributed by atoms with E-state index in [9.17, 15) is 0 Å². The van der Waals surface area contributed by atoms with E-state index in [0.29, 0.717) is 0 Å².